The summed E-state index contributed by atoms with van der Waals surface area (Å²) in [5.41, 5.74) is 1.16. The minimum Gasteiger partial charge on any atom is -0.497 e. The smallest absolute Gasteiger partial charge is 0.317 e. The molecule has 1 aromatic carbocycles. The number of aliphatic hydroxyl groups is 1. The second-order valence-electron chi connectivity index (χ2n) is 6.18. The first kappa shape index (κ1) is 16.6. The van der Waals surface area contributed by atoms with E-state index >= 15 is 0 Å². The predicted octanol–water partition coefficient (Wildman–Crippen LogP) is 2.04. The second-order valence-corrected chi connectivity index (χ2v) is 6.18. The summed E-state index contributed by atoms with van der Waals surface area (Å²) in [5.74, 6) is 1.39. The maximum atomic E-state index is 12.2. The third kappa shape index (κ3) is 4.91. The Morgan fingerprint density at radius 1 is 1.50 bits per heavy atom. The van der Waals surface area contributed by atoms with Gasteiger partial charge in [-0.25, -0.2) is 4.79 Å². The van der Waals surface area contributed by atoms with E-state index in [0.717, 1.165) is 30.6 Å². The van der Waals surface area contributed by atoms with E-state index in [1.165, 1.54) is 4.90 Å². The molecule has 0 spiro atoms. The van der Waals surface area contributed by atoms with Gasteiger partial charge in [0.15, 0.2) is 0 Å². The summed E-state index contributed by atoms with van der Waals surface area (Å²) < 4.78 is 5.25. The van der Waals surface area contributed by atoms with E-state index in [9.17, 15) is 9.90 Å². The van der Waals surface area contributed by atoms with Crippen molar-refractivity contribution in [2.24, 2.45) is 5.92 Å². The molecule has 122 valence electrons. The maximum absolute atomic E-state index is 12.2. The lowest BCUT2D eigenvalue weighted by atomic mass is 10.0. The van der Waals surface area contributed by atoms with Crippen molar-refractivity contribution < 1.29 is 14.6 Å². The topological polar surface area (TPSA) is 61.8 Å². The van der Waals surface area contributed by atoms with Gasteiger partial charge < -0.3 is 20.1 Å². The molecule has 1 aliphatic rings. The van der Waals surface area contributed by atoms with Crippen molar-refractivity contribution in [1.82, 2.24) is 10.2 Å². The Bertz CT molecular complexity index is 500. The Labute approximate surface area is 132 Å². The summed E-state index contributed by atoms with van der Waals surface area (Å²) >= 11 is 0. The highest BCUT2D eigenvalue weighted by Gasteiger charge is 2.33. The van der Waals surface area contributed by atoms with Crippen molar-refractivity contribution in [1.29, 1.82) is 0 Å². The molecule has 5 nitrogen and oxygen atoms in total. The van der Waals surface area contributed by atoms with Crippen LogP contribution in [0.15, 0.2) is 24.3 Å². The molecule has 0 saturated heterocycles. The standard InChI is InChI=1S/C17H26N2O3/c1-12(20)11-19(2)17(21)18-16(14-7-8-14)10-13-5-4-6-15(9-13)22-3/h4-6,9,12,14,16,20H,7-8,10-11H2,1-3H3,(H,18,21). The molecule has 1 aromatic rings. The first-order valence-electron chi connectivity index (χ1n) is 7.82. The zero-order valence-electron chi connectivity index (χ0n) is 13.6. The van der Waals surface area contributed by atoms with Gasteiger partial charge in [0.25, 0.3) is 0 Å². The Hall–Kier alpha value is -1.75. The first-order chi connectivity index (χ1) is 10.5. The highest BCUT2D eigenvalue weighted by molar-refractivity contribution is 5.74. The summed E-state index contributed by atoms with van der Waals surface area (Å²) in [4.78, 5) is 13.7. The molecule has 2 rings (SSSR count). The molecule has 0 heterocycles. The van der Waals surface area contributed by atoms with Gasteiger partial charge in [-0.15, -0.1) is 0 Å². The quantitative estimate of drug-likeness (QED) is 0.810. The van der Waals surface area contributed by atoms with Crippen molar-refractivity contribution in [3.05, 3.63) is 29.8 Å². The van der Waals surface area contributed by atoms with E-state index < -0.39 is 6.10 Å². The molecule has 0 bridgehead atoms. The summed E-state index contributed by atoms with van der Waals surface area (Å²) in [7, 11) is 3.36. The highest BCUT2D eigenvalue weighted by atomic mass is 16.5. The van der Waals surface area contributed by atoms with E-state index in [-0.39, 0.29) is 12.1 Å². The number of carbonyl (C=O) groups excluding carboxylic acids is 1. The van der Waals surface area contributed by atoms with Crippen LogP contribution in [0.5, 0.6) is 5.75 Å². The van der Waals surface area contributed by atoms with Gasteiger partial charge in [0.2, 0.25) is 0 Å². The van der Waals surface area contributed by atoms with E-state index in [1.807, 2.05) is 18.2 Å². The van der Waals surface area contributed by atoms with Crippen LogP contribution in [0.2, 0.25) is 0 Å². The van der Waals surface area contributed by atoms with Crippen molar-refractivity contribution in [2.75, 3.05) is 20.7 Å². The first-order valence-corrected chi connectivity index (χ1v) is 7.82. The van der Waals surface area contributed by atoms with Crippen LogP contribution in [-0.2, 0) is 6.42 Å². The number of ether oxygens (including phenoxy) is 1. The zero-order valence-corrected chi connectivity index (χ0v) is 13.6. The molecular formula is C17H26N2O3. The molecule has 2 atom stereocenters. The number of nitrogens with one attached hydrogen (secondary N) is 1. The average molecular weight is 306 g/mol. The van der Waals surface area contributed by atoms with Gasteiger partial charge in [-0.2, -0.15) is 0 Å². The Balaban J connectivity index is 1.96. The number of aliphatic hydroxyl groups excluding tert-OH is 1. The number of likely N-dealkylation sites (N-methyl/N-ethyl adjacent to an activating group) is 1. The third-order valence-electron chi connectivity index (χ3n) is 3.97. The molecule has 1 saturated carbocycles. The number of amides is 2. The van der Waals surface area contributed by atoms with Crippen LogP contribution in [-0.4, -0.2) is 48.9 Å². The number of carbonyl (C=O) groups is 1. The van der Waals surface area contributed by atoms with Crippen LogP contribution in [0.3, 0.4) is 0 Å². The van der Waals surface area contributed by atoms with Crippen LogP contribution < -0.4 is 10.1 Å². The number of hydrogen-bond donors (Lipinski definition) is 2. The number of rotatable bonds is 7. The Kier molecular flexibility index (Phi) is 5.66. The summed E-state index contributed by atoms with van der Waals surface area (Å²) in [6.07, 6.45) is 2.61. The summed E-state index contributed by atoms with van der Waals surface area (Å²) in [5, 5.41) is 12.5. The largest absolute Gasteiger partial charge is 0.497 e. The molecule has 0 aliphatic heterocycles. The van der Waals surface area contributed by atoms with E-state index in [0.29, 0.717) is 12.5 Å². The molecule has 1 aliphatic carbocycles. The molecule has 0 radical (unpaired) electrons. The van der Waals surface area contributed by atoms with Crippen molar-refractivity contribution in [2.45, 2.75) is 38.3 Å². The Morgan fingerprint density at radius 3 is 2.82 bits per heavy atom. The van der Waals surface area contributed by atoms with Crippen LogP contribution in [0.25, 0.3) is 0 Å². The average Bonchev–Trinajstić information content (AvgIpc) is 3.30. The molecule has 22 heavy (non-hydrogen) atoms. The van der Waals surface area contributed by atoms with Gasteiger partial charge in [0.1, 0.15) is 5.75 Å². The SMILES string of the molecule is COc1cccc(CC(NC(=O)N(C)CC(C)O)C2CC2)c1. The number of hydrogen-bond acceptors (Lipinski definition) is 3. The maximum Gasteiger partial charge on any atom is 0.317 e. The van der Waals surface area contributed by atoms with E-state index in [4.69, 9.17) is 4.74 Å². The van der Waals surface area contributed by atoms with Crippen LogP contribution >= 0.6 is 0 Å². The Morgan fingerprint density at radius 2 is 2.23 bits per heavy atom. The molecular weight excluding hydrogens is 280 g/mol. The van der Waals surface area contributed by atoms with Gasteiger partial charge in [0.05, 0.1) is 13.2 Å². The zero-order chi connectivity index (χ0) is 16.1. The lowest BCUT2D eigenvalue weighted by molar-refractivity contribution is 0.142. The van der Waals surface area contributed by atoms with E-state index in [1.54, 1.807) is 21.1 Å². The summed E-state index contributed by atoms with van der Waals surface area (Å²) in [6, 6.07) is 7.98. The monoisotopic (exact) mass is 306 g/mol. The fourth-order valence-corrected chi connectivity index (χ4v) is 2.64. The number of methoxy groups -OCH3 is 1. The van der Waals surface area contributed by atoms with Gasteiger partial charge in [0, 0.05) is 19.6 Å². The van der Waals surface area contributed by atoms with E-state index in [2.05, 4.69) is 11.4 Å². The lowest BCUT2D eigenvalue weighted by Crippen LogP contribution is -2.46. The van der Waals surface area contributed by atoms with Gasteiger partial charge in [-0.3, -0.25) is 0 Å². The van der Waals surface area contributed by atoms with Crippen molar-refractivity contribution in [3.8, 4) is 5.75 Å². The van der Waals surface area contributed by atoms with Crippen LogP contribution in [0.1, 0.15) is 25.3 Å². The fourth-order valence-electron chi connectivity index (χ4n) is 2.64. The fraction of sp³-hybridized carbons (Fsp3) is 0.588. The normalized spacial score (nSPS) is 16.7. The van der Waals surface area contributed by atoms with Crippen molar-refractivity contribution in [3.63, 3.8) is 0 Å². The second kappa shape index (κ2) is 7.49. The van der Waals surface area contributed by atoms with Crippen LogP contribution in [0.4, 0.5) is 4.79 Å². The van der Waals surface area contributed by atoms with Gasteiger partial charge >= 0.3 is 6.03 Å². The number of nitrogens with zero attached hydrogens (tertiary/aromatic N) is 1. The molecule has 1 fully saturated rings. The molecule has 2 amide bonds. The predicted molar refractivity (Wildman–Crippen MR) is 86.1 cm³/mol. The molecule has 0 aromatic heterocycles. The number of benzene rings is 1. The van der Waals surface area contributed by atoms with Gasteiger partial charge in [-0.1, -0.05) is 12.1 Å². The minimum absolute atomic E-state index is 0.124. The minimum atomic E-state index is -0.520. The summed E-state index contributed by atoms with van der Waals surface area (Å²) in [6.45, 7) is 2.01. The lowest BCUT2D eigenvalue weighted by Gasteiger charge is -2.24. The highest BCUT2D eigenvalue weighted by Crippen LogP contribution is 2.34. The third-order valence-corrected chi connectivity index (χ3v) is 3.97. The molecule has 5 heteroatoms. The van der Waals surface area contributed by atoms with Crippen molar-refractivity contribution >= 4 is 6.03 Å². The molecule has 2 unspecified atom stereocenters. The van der Waals surface area contributed by atoms with Crippen LogP contribution in [0, 0.1) is 5.92 Å². The number of urea groups is 1. The molecule has 2 N–H and O–H groups in total. The van der Waals surface area contributed by atoms with Gasteiger partial charge in [-0.05, 0) is 49.8 Å².